The number of hydrogen-bond donors (Lipinski definition) is 0. The van der Waals surface area contributed by atoms with Crippen LogP contribution in [0.1, 0.15) is 13.8 Å². The molecule has 0 spiro atoms. The molecule has 0 amide bonds. The Hall–Kier alpha value is -1.18. The first-order valence-corrected chi connectivity index (χ1v) is 4.24. The van der Waals surface area contributed by atoms with E-state index in [0.29, 0.717) is 6.17 Å². The lowest BCUT2D eigenvalue weighted by Gasteiger charge is -2.29. The van der Waals surface area contributed by atoms with E-state index >= 15 is 0 Å². The second-order valence-electron chi connectivity index (χ2n) is 3.47. The van der Waals surface area contributed by atoms with Gasteiger partial charge in [0.25, 0.3) is 0 Å². The highest BCUT2D eigenvalue weighted by Gasteiger charge is 2.25. The van der Waals surface area contributed by atoms with Crippen LogP contribution < -0.4 is 0 Å². The van der Waals surface area contributed by atoms with Crippen molar-refractivity contribution < 1.29 is 0 Å². The van der Waals surface area contributed by atoms with Crippen molar-refractivity contribution >= 4 is 0 Å². The van der Waals surface area contributed by atoms with Gasteiger partial charge in [0.1, 0.15) is 6.17 Å². The minimum atomic E-state index is 0.412. The molecular formula is C10H14N2. The van der Waals surface area contributed by atoms with Crippen molar-refractivity contribution in [1.82, 2.24) is 9.80 Å². The first-order chi connectivity index (χ1) is 5.68. The van der Waals surface area contributed by atoms with E-state index in [2.05, 4.69) is 55.2 Å². The molecule has 0 saturated heterocycles. The molecule has 0 aromatic rings. The van der Waals surface area contributed by atoms with Gasteiger partial charge in [0.05, 0.1) is 0 Å². The molecule has 2 nitrogen and oxygen atoms in total. The highest BCUT2D eigenvalue weighted by Crippen LogP contribution is 2.25. The number of fused-ring (bicyclic) bond motifs is 1. The van der Waals surface area contributed by atoms with Crippen molar-refractivity contribution in [3.05, 3.63) is 35.8 Å². The zero-order chi connectivity index (χ0) is 8.72. The number of rotatable bonds is 0. The van der Waals surface area contributed by atoms with Gasteiger partial charge in [-0.05, 0) is 31.6 Å². The molecule has 1 atom stereocenters. The molecule has 2 rings (SSSR count). The second kappa shape index (κ2) is 2.41. The van der Waals surface area contributed by atoms with E-state index in [0.717, 1.165) is 0 Å². The molecule has 2 heterocycles. The van der Waals surface area contributed by atoms with Crippen LogP contribution in [-0.2, 0) is 0 Å². The molecule has 0 aromatic carbocycles. The summed E-state index contributed by atoms with van der Waals surface area (Å²) in [6.07, 6.45) is 9.12. The molecule has 1 unspecified atom stereocenters. The number of likely N-dealkylation sites (N-methyl/N-ethyl adjacent to an activating group) is 1. The van der Waals surface area contributed by atoms with Crippen molar-refractivity contribution in [3.8, 4) is 0 Å². The fraction of sp³-hybridized carbons (Fsp3) is 0.400. The normalized spacial score (nSPS) is 27.1. The minimum Gasteiger partial charge on any atom is -0.353 e. The van der Waals surface area contributed by atoms with E-state index in [1.165, 1.54) is 11.3 Å². The molecule has 2 aliphatic rings. The van der Waals surface area contributed by atoms with E-state index in [9.17, 15) is 0 Å². The molecule has 12 heavy (non-hydrogen) atoms. The summed E-state index contributed by atoms with van der Waals surface area (Å²) in [5, 5.41) is 0. The third-order valence-electron chi connectivity index (χ3n) is 2.52. The van der Waals surface area contributed by atoms with Crippen molar-refractivity contribution in [2.75, 3.05) is 7.05 Å². The van der Waals surface area contributed by atoms with Gasteiger partial charge in [-0.2, -0.15) is 0 Å². The Morgan fingerprint density at radius 1 is 1.33 bits per heavy atom. The van der Waals surface area contributed by atoms with Crippen LogP contribution >= 0.6 is 0 Å². The molecule has 0 aliphatic carbocycles. The summed E-state index contributed by atoms with van der Waals surface area (Å²) in [4.78, 5) is 4.50. The fourth-order valence-electron chi connectivity index (χ4n) is 1.62. The van der Waals surface area contributed by atoms with Crippen molar-refractivity contribution in [3.63, 3.8) is 0 Å². The molecule has 0 N–H and O–H groups in total. The van der Waals surface area contributed by atoms with Crippen molar-refractivity contribution in [2.24, 2.45) is 0 Å². The van der Waals surface area contributed by atoms with Gasteiger partial charge in [0.15, 0.2) is 0 Å². The largest absolute Gasteiger partial charge is 0.353 e. The van der Waals surface area contributed by atoms with Gasteiger partial charge < -0.3 is 9.80 Å². The lowest BCUT2D eigenvalue weighted by Crippen LogP contribution is -2.34. The van der Waals surface area contributed by atoms with Crippen LogP contribution in [-0.4, -0.2) is 23.0 Å². The highest BCUT2D eigenvalue weighted by molar-refractivity contribution is 5.28. The van der Waals surface area contributed by atoms with Crippen LogP contribution in [0.5, 0.6) is 0 Å². The van der Waals surface area contributed by atoms with Crippen LogP contribution in [0.15, 0.2) is 35.8 Å². The summed E-state index contributed by atoms with van der Waals surface area (Å²) in [5.41, 5.74) is 2.65. The molecule has 0 fully saturated rings. The lowest BCUT2D eigenvalue weighted by atomic mass is 10.2. The highest BCUT2D eigenvalue weighted by atomic mass is 15.4. The maximum absolute atomic E-state index is 2.27. The average Bonchev–Trinajstić information content (AvgIpc) is 2.31. The first-order valence-electron chi connectivity index (χ1n) is 4.24. The zero-order valence-electron chi connectivity index (χ0n) is 7.78. The van der Waals surface area contributed by atoms with Crippen LogP contribution in [0.4, 0.5) is 0 Å². The molecule has 0 radical (unpaired) electrons. The summed E-state index contributed by atoms with van der Waals surface area (Å²) in [5.74, 6) is 0. The van der Waals surface area contributed by atoms with E-state index in [1.807, 2.05) is 0 Å². The molecule has 2 aliphatic heterocycles. The third-order valence-corrected chi connectivity index (χ3v) is 2.52. The fourth-order valence-corrected chi connectivity index (χ4v) is 1.62. The Kier molecular flexibility index (Phi) is 1.50. The maximum atomic E-state index is 2.27. The number of nitrogens with zero attached hydrogens (tertiary/aromatic N) is 2. The quantitative estimate of drug-likeness (QED) is 0.536. The lowest BCUT2D eigenvalue weighted by molar-refractivity contribution is 0.263. The standard InChI is InChI=1S/C10H14N2/c1-8-4-5-12-7-9(2)11(3)10(12)6-8/h4-7,10H,1-3H3. The van der Waals surface area contributed by atoms with Gasteiger partial charge in [-0.1, -0.05) is 0 Å². The minimum absolute atomic E-state index is 0.412. The molecule has 0 bridgehead atoms. The monoisotopic (exact) mass is 162 g/mol. The predicted molar refractivity (Wildman–Crippen MR) is 50.0 cm³/mol. The average molecular weight is 162 g/mol. The van der Waals surface area contributed by atoms with Gasteiger partial charge >= 0.3 is 0 Å². The topological polar surface area (TPSA) is 6.48 Å². The summed E-state index contributed by atoms with van der Waals surface area (Å²) in [6.45, 7) is 4.27. The van der Waals surface area contributed by atoms with E-state index < -0.39 is 0 Å². The Bertz CT molecular complexity index is 286. The summed E-state index contributed by atoms with van der Waals surface area (Å²) in [7, 11) is 2.12. The van der Waals surface area contributed by atoms with Crippen molar-refractivity contribution in [1.29, 1.82) is 0 Å². The summed E-state index contributed by atoms with van der Waals surface area (Å²) < 4.78 is 0. The van der Waals surface area contributed by atoms with E-state index in [1.54, 1.807) is 0 Å². The van der Waals surface area contributed by atoms with E-state index in [4.69, 9.17) is 0 Å². The Balaban J connectivity index is 2.30. The molecule has 2 heteroatoms. The van der Waals surface area contributed by atoms with Gasteiger partial charge in [-0.15, -0.1) is 0 Å². The number of hydrogen-bond acceptors (Lipinski definition) is 2. The van der Waals surface area contributed by atoms with Crippen LogP contribution in [0.2, 0.25) is 0 Å². The molecular weight excluding hydrogens is 148 g/mol. The summed E-state index contributed by atoms with van der Waals surface area (Å²) in [6, 6.07) is 0. The van der Waals surface area contributed by atoms with Gasteiger partial charge in [0.2, 0.25) is 0 Å². The Morgan fingerprint density at radius 2 is 2.08 bits per heavy atom. The van der Waals surface area contributed by atoms with E-state index in [-0.39, 0.29) is 0 Å². The third kappa shape index (κ3) is 0.951. The smallest absolute Gasteiger partial charge is 0.124 e. The summed E-state index contributed by atoms with van der Waals surface area (Å²) >= 11 is 0. The second-order valence-corrected chi connectivity index (χ2v) is 3.47. The zero-order valence-corrected chi connectivity index (χ0v) is 7.78. The first kappa shape index (κ1) is 7.47. The predicted octanol–water partition coefficient (Wildman–Crippen LogP) is 1.89. The van der Waals surface area contributed by atoms with Crippen LogP contribution in [0.25, 0.3) is 0 Å². The van der Waals surface area contributed by atoms with Gasteiger partial charge in [-0.25, -0.2) is 0 Å². The molecule has 64 valence electrons. The van der Waals surface area contributed by atoms with Gasteiger partial charge in [0, 0.05) is 25.1 Å². The van der Waals surface area contributed by atoms with Crippen molar-refractivity contribution in [2.45, 2.75) is 20.0 Å². The molecule has 0 aromatic heterocycles. The SMILES string of the molecule is CC1=CC2N(C=C1)C=C(C)N2C. The van der Waals surface area contributed by atoms with Gasteiger partial charge in [-0.3, -0.25) is 0 Å². The van der Waals surface area contributed by atoms with Crippen LogP contribution in [0, 0.1) is 0 Å². The number of allylic oxidation sites excluding steroid dienone is 3. The molecule has 0 saturated carbocycles. The maximum Gasteiger partial charge on any atom is 0.124 e. The van der Waals surface area contributed by atoms with Crippen LogP contribution in [0.3, 0.4) is 0 Å². The Morgan fingerprint density at radius 3 is 2.83 bits per heavy atom. The Labute approximate surface area is 73.5 Å².